The normalized spacial score (nSPS) is 10.4. The third-order valence-corrected chi connectivity index (χ3v) is 4.56. The highest BCUT2D eigenvalue weighted by Gasteiger charge is 2.16. The fourth-order valence-electron chi connectivity index (χ4n) is 3.06. The van der Waals surface area contributed by atoms with Crippen molar-refractivity contribution in [2.24, 2.45) is 0 Å². The number of hydrogen-bond acceptors (Lipinski definition) is 5. The molecule has 140 valence electrons. The van der Waals surface area contributed by atoms with Crippen molar-refractivity contribution in [1.82, 2.24) is 9.55 Å². The van der Waals surface area contributed by atoms with Crippen molar-refractivity contribution >= 4 is 11.9 Å². The van der Waals surface area contributed by atoms with Crippen LogP contribution < -0.4 is 11.3 Å². The zero-order valence-corrected chi connectivity index (χ0v) is 15.4. The Hall–Kier alpha value is -4.37. The fourth-order valence-corrected chi connectivity index (χ4v) is 3.06. The van der Waals surface area contributed by atoms with Gasteiger partial charge in [0.15, 0.2) is 5.76 Å². The maximum absolute atomic E-state index is 12.5. The quantitative estimate of drug-likeness (QED) is 0.570. The Balaban J connectivity index is 1.92. The number of furan rings is 1. The maximum atomic E-state index is 12.5. The van der Waals surface area contributed by atoms with E-state index in [0.29, 0.717) is 28.3 Å². The van der Waals surface area contributed by atoms with Gasteiger partial charge >= 0.3 is 0 Å². The molecule has 6 nitrogen and oxygen atoms in total. The van der Waals surface area contributed by atoms with Crippen LogP contribution in [-0.2, 0) is 0 Å². The van der Waals surface area contributed by atoms with E-state index in [1.807, 2.05) is 24.3 Å². The second kappa shape index (κ2) is 7.33. The lowest BCUT2D eigenvalue weighted by Gasteiger charge is -2.12. The Morgan fingerprint density at radius 1 is 1.17 bits per heavy atom. The SMILES string of the molecule is C=Cc1ccc(-n2cc(-c3cc(C#N)c(N)nc3-c3ccco3)ccc2=O)cc1. The van der Waals surface area contributed by atoms with Gasteiger partial charge in [-0.1, -0.05) is 24.8 Å². The molecule has 0 amide bonds. The number of anilines is 1. The third-order valence-electron chi connectivity index (χ3n) is 4.56. The summed E-state index contributed by atoms with van der Waals surface area (Å²) in [5.41, 5.74) is 9.51. The van der Waals surface area contributed by atoms with Gasteiger partial charge in [-0.2, -0.15) is 5.26 Å². The van der Waals surface area contributed by atoms with Crippen molar-refractivity contribution in [2.75, 3.05) is 5.73 Å². The lowest BCUT2D eigenvalue weighted by Crippen LogP contribution is -2.16. The molecule has 2 N–H and O–H groups in total. The number of pyridine rings is 2. The van der Waals surface area contributed by atoms with Crippen LogP contribution in [0.15, 0.2) is 82.8 Å². The minimum absolute atomic E-state index is 0.121. The van der Waals surface area contributed by atoms with E-state index in [1.54, 1.807) is 36.5 Å². The molecule has 6 heteroatoms. The van der Waals surface area contributed by atoms with Crippen molar-refractivity contribution in [3.05, 3.63) is 95.1 Å². The van der Waals surface area contributed by atoms with Crippen molar-refractivity contribution in [1.29, 1.82) is 5.26 Å². The Bertz CT molecular complexity index is 1290. The minimum Gasteiger partial charge on any atom is -0.463 e. The largest absolute Gasteiger partial charge is 0.463 e. The summed E-state index contributed by atoms with van der Waals surface area (Å²) in [6, 6.07) is 17.8. The van der Waals surface area contributed by atoms with Gasteiger partial charge in [-0.3, -0.25) is 9.36 Å². The number of rotatable bonds is 4. The molecule has 4 aromatic rings. The van der Waals surface area contributed by atoms with Gasteiger partial charge in [0.25, 0.3) is 5.56 Å². The molecule has 3 aromatic heterocycles. The molecular formula is C23H16N4O2. The van der Waals surface area contributed by atoms with E-state index in [4.69, 9.17) is 10.2 Å². The first-order chi connectivity index (χ1) is 14.1. The first-order valence-corrected chi connectivity index (χ1v) is 8.81. The summed E-state index contributed by atoms with van der Waals surface area (Å²) in [5, 5.41) is 9.38. The molecule has 0 fully saturated rings. The summed E-state index contributed by atoms with van der Waals surface area (Å²) in [7, 11) is 0. The highest BCUT2D eigenvalue weighted by atomic mass is 16.3. The van der Waals surface area contributed by atoms with E-state index in [9.17, 15) is 10.1 Å². The Labute approximate surface area is 166 Å². The van der Waals surface area contributed by atoms with Gasteiger partial charge in [0.2, 0.25) is 0 Å². The second-order valence-electron chi connectivity index (χ2n) is 6.33. The van der Waals surface area contributed by atoms with Crippen LogP contribution in [0.25, 0.3) is 34.3 Å². The van der Waals surface area contributed by atoms with E-state index >= 15 is 0 Å². The van der Waals surface area contributed by atoms with Crippen LogP contribution in [0.1, 0.15) is 11.1 Å². The highest BCUT2D eigenvalue weighted by Crippen LogP contribution is 2.33. The number of nitrogens with zero attached hydrogens (tertiary/aromatic N) is 3. The molecule has 0 radical (unpaired) electrons. The van der Waals surface area contributed by atoms with Crippen molar-refractivity contribution in [2.45, 2.75) is 0 Å². The molecule has 0 atom stereocenters. The fraction of sp³-hybridized carbons (Fsp3) is 0. The van der Waals surface area contributed by atoms with Crippen molar-refractivity contribution in [3.8, 4) is 34.3 Å². The molecule has 0 unspecified atom stereocenters. The van der Waals surface area contributed by atoms with Gasteiger partial charge < -0.3 is 10.2 Å². The monoisotopic (exact) mass is 380 g/mol. The molecule has 0 saturated carbocycles. The van der Waals surface area contributed by atoms with E-state index in [2.05, 4.69) is 17.6 Å². The van der Waals surface area contributed by atoms with Gasteiger partial charge in [0, 0.05) is 29.1 Å². The predicted octanol–water partition coefficient (Wildman–Crippen LogP) is 4.26. The summed E-state index contributed by atoms with van der Waals surface area (Å²) in [4.78, 5) is 16.9. The number of aromatic nitrogens is 2. The summed E-state index contributed by atoms with van der Waals surface area (Å²) >= 11 is 0. The second-order valence-corrected chi connectivity index (χ2v) is 6.33. The van der Waals surface area contributed by atoms with E-state index < -0.39 is 0 Å². The minimum atomic E-state index is -0.177. The molecule has 0 spiro atoms. The Morgan fingerprint density at radius 2 is 1.97 bits per heavy atom. The molecule has 0 aliphatic heterocycles. The number of nitrogen functional groups attached to an aromatic ring is 1. The molecule has 0 bridgehead atoms. The maximum Gasteiger partial charge on any atom is 0.255 e. The Morgan fingerprint density at radius 3 is 2.62 bits per heavy atom. The van der Waals surface area contributed by atoms with Crippen LogP contribution >= 0.6 is 0 Å². The molecule has 1 aromatic carbocycles. The topological polar surface area (TPSA) is 97.8 Å². The first kappa shape index (κ1) is 18.0. The zero-order chi connectivity index (χ0) is 20.4. The highest BCUT2D eigenvalue weighted by molar-refractivity contribution is 5.81. The van der Waals surface area contributed by atoms with Gasteiger partial charge in [-0.25, -0.2) is 4.98 Å². The van der Waals surface area contributed by atoms with Crippen LogP contribution in [0.4, 0.5) is 5.82 Å². The number of nitrogens with two attached hydrogens (primary N) is 1. The molecule has 0 aliphatic rings. The number of benzene rings is 1. The Kier molecular flexibility index (Phi) is 4.55. The first-order valence-electron chi connectivity index (χ1n) is 8.81. The van der Waals surface area contributed by atoms with Crippen LogP contribution in [0.3, 0.4) is 0 Å². The van der Waals surface area contributed by atoms with Crippen LogP contribution in [0.2, 0.25) is 0 Å². The van der Waals surface area contributed by atoms with Gasteiger partial charge in [-0.05, 0) is 42.0 Å². The van der Waals surface area contributed by atoms with Crippen LogP contribution in [-0.4, -0.2) is 9.55 Å². The summed E-state index contributed by atoms with van der Waals surface area (Å²) < 4.78 is 7.03. The average molecular weight is 380 g/mol. The molecule has 29 heavy (non-hydrogen) atoms. The van der Waals surface area contributed by atoms with E-state index in [-0.39, 0.29) is 16.9 Å². The van der Waals surface area contributed by atoms with Crippen LogP contribution in [0, 0.1) is 11.3 Å². The zero-order valence-electron chi connectivity index (χ0n) is 15.4. The molecule has 0 saturated heterocycles. The van der Waals surface area contributed by atoms with Crippen molar-refractivity contribution in [3.63, 3.8) is 0 Å². The van der Waals surface area contributed by atoms with E-state index in [0.717, 1.165) is 5.56 Å². The average Bonchev–Trinajstić information content (AvgIpc) is 3.29. The predicted molar refractivity (Wildman–Crippen MR) is 112 cm³/mol. The smallest absolute Gasteiger partial charge is 0.255 e. The van der Waals surface area contributed by atoms with E-state index in [1.165, 1.54) is 16.9 Å². The van der Waals surface area contributed by atoms with Crippen LogP contribution in [0.5, 0.6) is 0 Å². The molecule has 4 rings (SSSR count). The lowest BCUT2D eigenvalue weighted by molar-refractivity contribution is 0.580. The lowest BCUT2D eigenvalue weighted by atomic mass is 10.0. The number of nitriles is 1. The summed E-state index contributed by atoms with van der Waals surface area (Å²) in [5.74, 6) is 0.639. The molecule has 3 heterocycles. The molecular weight excluding hydrogens is 364 g/mol. The summed E-state index contributed by atoms with van der Waals surface area (Å²) in [6.07, 6.45) is 4.99. The third kappa shape index (κ3) is 3.33. The summed E-state index contributed by atoms with van der Waals surface area (Å²) in [6.45, 7) is 3.74. The van der Waals surface area contributed by atoms with Gasteiger partial charge in [0.05, 0.1) is 11.8 Å². The van der Waals surface area contributed by atoms with Gasteiger partial charge in [-0.15, -0.1) is 0 Å². The van der Waals surface area contributed by atoms with Crippen molar-refractivity contribution < 1.29 is 4.42 Å². The molecule has 0 aliphatic carbocycles. The standard InChI is InChI=1S/C23H16N4O2/c1-2-15-5-8-18(9-6-15)27-14-16(7-10-21(27)28)19-12-17(13-24)23(25)26-22(19)20-4-3-11-29-20/h2-12,14H,1H2,(H2,25,26). The number of hydrogen-bond donors (Lipinski definition) is 1. The van der Waals surface area contributed by atoms with Gasteiger partial charge in [0.1, 0.15) is 17.6 Å².